The summed E-state index contributed by atoms with van der Waals surface area (Å²) in [5, 5.41) is 0. The van der Waals surface area contributed by atoms with Crippen molar-refractivity contribution in [2.45, 2.75) is 282 Å². The minimum atomic E-state index is 1.34. The van der Waals surface area contributed by atoms with Gasteiger partial charge < -0.3 is 0 Å². The highest BCUT2D eigenvalue weighted by Gasteiger charge is 1.88. The van der Waals surface area contributed by atoms with Gasteiger partial charge in [0.25, 0.3) is 0 Å². The van der Waals surface area contributed by atoms with Crippen molar-refractivity contribution in [2.24, 2.45) is 0 Å². The van der Waals surface area contributed by atoms with E-state index < -0.39 is 0 Å². The zero-order valence-corrected chi connectivity index (χ0v) is 33.9. The van der Waals surface area contributed by atoms with Crippen LogP contribution < -0.4 is 0 Å². The highest BCUT2D eigenvalue weighted by Crippen LogP contribution is 2.07. The van der Waals surface area contributed by atoms with Gasteiger partial charge in [-0.2, -0.15) is 0 Å². The Balaban J connectivity index is -0.0000000966. The van der Waals surface area contributed by atoms with Crippen LogP contribution in [0.25, 0.3) is 0 Å². The second kappa shape index (κ2) is 73.5. The summed E-state index contributed by atoms with van der Waals surface area (Å²) in [6.07, 6.45) is 43.6. The van der Waals surface area contributed by atoms with Gasteiger partial charge in [-0.15, -0.1) is 0 Å². The van der Waals surface area contributed by atoms with Crippen LogP contribution in [-0.4, -0.2) is 0 Å². The van der Waals surface area contributed by atoms with E-state index in [4.69, 9.17) is 0 Å². The molecule has 0 aliphatic heterocycles. The normalized spacial score (nSPS) is 9.49. The largest absolute Gasteiger partial charge is 0.0654 e. The lowest BCUT2D eigenvalue weighted by Gasteiger charge is -1.97. The average Bonchev–Trinajstić information content (AvgIpc) is 3.02. The molecule has 0 radical (unpaired) electrons. The van der Waals surface area contributed by atoms with Crippen LogP contribution in [0.15, 0.2) is 0 Å². The molecular formula is C43H98. The third-order valence-electron chi connectivity index (χ3n) is 7.49. The first-order chi connectivity index (χ1) is 21.0. The van der Waals surface area contributed by atoms with E-state index in [1.54, 1.807) is 0 Å². The smallest absolute Gasteiger partial charge is 0.0533 e. The van der Waals surface area contributed by atoms with Crippen LogP contribution in [0.2, 0.25) is 0 Å². The summed E-state index contributed by atoms with van der Waals surface area (Å²) >= 11 is 0. The molecule has 0 nitrogen and oxygen atoms in total. The molecule has 0 saturated carbocycles. The highest BCUT2D eigenvalue weighted by molar-refractivity contribution is 4.43. The number of hydrogen-bond acceptors (Lipinski definition) is 0. The van der Waals surface area contributed by atoms with E-state index in [9.17, 15) is 0 Å². The van der Waals surface area contributed by atoms with Crippen LogP contribution in [0, 0.1) is 0 Å². The van der Waals surface area contributed by atoms with Crippen LogP contribution in [0.1, 0.15) is 282 Å². The Bertz CT molecular complexity index is 241. The van der Waals surface area contributed by atoms with Crippen molar-refractivity contribution >= 4 is 0 Å². The molecule has 43 heavy (non-hydrogen) atoms. The molecule has 0 N–H and O–H groups in total. The summed E-state index contributed by atoms with van der Waals surface area (Å²) < 4.78 is 0. The molecule has 0 saturated heterocycles. The second-order valence-electron chi connectivity index (χ2n) is 12.7. The molecule has 0 aliphatic rings. The third kappa shape index (κ3) is 108. The molecule has 0 rings (SSSR count). The maximum absolute atomic E-state index is 2.27. The van der Waals surface area contributed by atoms with Gasteiger partial charge >= 0.3 is 0 Å². The number of unbranched alkanes of at least 4 members (excludes halogenated alkanes) is 25. The lowest BCUT2D eigenvalue weighted by Crippen LogP contribution is -1.77. The van der Waals surface area contributed by atoms with Crippen molar-refractivity contribution < 1.29 is 0 Å². The zero-order chi connectivity index (χ0) is 33.9. The molecule has 0 heterocycles. The molecular weight excluding hydrogens is 516 g/mol. The van der Waals surface area contributed by atoms with Gasteiger partial charge in [-0.25, -0.2) is 0 Å². The van der Waals surface area contributed by atoms with Gasteiger partial charge in [-0.3, -0.25) is 0 Å². The van der Waals surface area contributed by atoms with E-state index in [1.165, 1.54) is 199 Å². The molecule has 0 amide bonds. The fourth-order valence-corrected chi connectivity index (χ4v) is 4.27. The Morgan fingerprint density at radius 3 is 0.302 bits per heavy atom. The Morgan fingerprint density at radius 1 is 0.116 bits per heavy atom. The van der Waals surface area contributed by atoms with E-state index in [0.717, 1.165) is 0 Å². The topological polar surface area (TPSA) is 0 Å². The zero-order valence-electron chi connectivity index (χ0n) is 33.9. The predicted molar refractivity (Wildman–Crippen MR) is 211 cm³/mol. The SMILES string of the molecule is CCCCC.CCCCCCC.CCCCCCC.CCCCCCC.CCCCCCC.CCCCCCCCCC. The minimum Gasteiger partial charge on any atom is -0.0654 e. The van der Waals surface area contributed by atoms with Crippen molar-refractivity contribution in [1.82, 2.24) is 0 Å². The van der Waals surface area contributed by atoms with E-state index >= 15 is 0 Å². The van der Waals surface area contributed by atoms with Gasteiger partial charge in [0, 0.05) is 0 Å². The summed E-state index contributed by atoms with van der Waals surface area (Å²) in [5.41, 5.74) is 0. The lowest BCUT2D eigenvalue weighted by atomic mass is 10.1. The molecule has 0 fully saturated rings. The van der Waals surface area contributed by atoms with Gasteiger partial charge in [0.15, 0.2) is 0 Å². The van der Waals surface area contributed by atoms with E-state index in [1.807, 2.05) is 0 Å². The monoisotopic (exact) mass is 615 g/mol. The van der Waals surface area contributed by atoms with Crippen LogP contribution in [-0.2, 0) is 0 Å². The van der Waals surface area contributed by atoms with Gasteiger partial charge in [-0.05, 0) is 0 Å². The summed E-state index contributed by atoms with van der Waals surface area (Å²) in [6, 6.07) is 0. The maximum Gasteiger partial charge on any atom is -0.0533 e. The van der Waals surface area contributed by atoms with Crippen LogP contribution in [0.4, 0.5) is 0 Å². The standard InChI is InChI=1S/C10H22.4C7H16.C5H12/c1-3-5-7-9-10-8-6-4-2;4*1-3-5-7-6-4-2;1-3-5-4-2/h3-10H2,1-2H3;4*3-7H2,1-2H3;3-5H2,1-2H3. The van der Waals surface area contributed by atoms with Gasteiger partial charge in [-0.1, -0.05) is 282 Å². The van der Waals surface area contributed by atoms with Crippen molar-refractivity contribution in [3.05, 3.63) is 0 Å². The minimum absolute atomic E-state index is 1.34. The Kier molecular flexibility index (Phi) is 94.7. The van der Waals surface area contributed by atoms with Crippen LogP contribution in [0.5, 0.6) is 0 Å². The highest BCUT2D eigenvalue weighted by atomic mass is 13.9. The number of rotatable bonds is 25. The quantitative estimate of drug-likeness (QED) is 0.0897. The summed E-state index contributed by atoms with van der Waals surface area (Å²) in [4.78, 5) is 0. The first-order valence-corrected chi connectivity index (χ1v) is 21.0. The predicted octanol–water partition coefficient (Wildman–Crippen LogP) is 18.3. The van der Waals surface area contributed by atoms with E-state index in [-0.39, 0.29) is 0 Å². The van der Waals surface area contributed by atoms with Crippen molar-refractivity contribution in [3.63, 3.8) is 0 Å². The Morgan fingerprint density at radius 2 is 0.209 bits per heavy atom. The van der Waals surface area contributed by atoms with Gasteiger partial charge in [0.1, 0.15) is 0 Å². The first kappa shape index (κ1) is 55.4. The van der Waals surface area contributed by atoms with Crippen LogP contribution in [0.3, 0.4) is 0 Å². The van der Waals surface area contributed by atoms with Crippen molar-refractivity contribution in [3.8, 4) is 0 Å². The molecule has 0 spiro atoms. The van der Waals surface area contributed by atoms with Crippen LogP contribution >= 0.6 is 0 Å². The van der Waals surface area contributed by atoms with E-state index in [0.29, 0.717) is 0 Å². The van der Waals surface area contributed by atoms with Gasteiger partial charge in [0.05, 0.1) is 0 Å². The second-order valence-corrected chi connectivity index (χ2v) is 12.7. The molecule has 0 heteroatoms. The maximum atomic E-state index is 2.27. The fraction of sp³-hybridized carbons (Fsp3) is 1.00. The lowest BCUT2D eigenvalue weighted by molar-refractivity contribution is 0.585. The van der Waals surface area contributed by atoms with Gasteiger partial charge in [0.2, 0.25) is 0 Å². The first-order valence-electron chi connectivity index (χ1n) is 21.0. The molecule has 0 atom stereocenters. The third-order valence-corrected chi connectivity index (χ3v) is 7.49. The molecule has 0 aromatic rings. The van der Waals surface area contributed by atoms with Crippen molar-refractivity contribution in [2.75, 3.05) is 0 Å². The molecule has 0 bridgehead atoms. The van der Waals surface area contributed by atoms with Crippen molar-refractivity contribution in [1.29, 1.82) is 0 Å². The summed E-state index contributed by atoms with van der Waals surface area (Å²) in [6.45, 7) is 26.9. The Labute approximate surface area is 281 Å². The average molecular weight is 615 g/mol. The summed E-state index contributed by atoms with van der Waals surface area (Å²) in [7, 11) is 0. The molecule has 0 unspecified atom stereocenters. The molecule has 0 aromatic carbocycles. The Hall–Kier alpha value is 0. The molecule has 270 valence electrons. The van der Waals surface area contributed by atoms with E-state index in [2.05, 4.69) is 83.1 Å². The number of hydrogen-bond donors (Lipinski definition) is 0. The molecule has 0 aromatic heterocycles. The molecule has 0 aliphatic carbocycles. The fourth-order valence-electron chi connectivity index (χ4n) is 4.27. The summed E-state index contributed by atoms with van der Waals surface area (Å²) in [5.74, 6) is 0.